The Balaban J connectivity index is 0.000000217. The average Bonchev–Trinajstić information content (AvgIpc) is 2.49. The van der Waals surface area contributed by atoms with E-state index in [1.165, 1.54) is 29.8 Å². The molecule has 0 spiro atoms. The van der Waals surface area contributed by atoms with E-state index >= 15 is 0 Å². The highest BCUT2D eigenvalue weighted by molar-refractivity contribution is 9.08. The summed E-state index contributed by atoms with van der Waals surface area (Å²) in [6, 6.07) is 15.6. The van der Waals surface area contributed by atoms with E-state index in [-0.39, 0.29) is 5.69 Å². The molecule has 7 heteroatoms. The molecule has 0 aliphatic heterocycles. The van der Waals surface area contributed by atoms with Crippen LogP contribution in [0, 0.1) is 10.1 Å². The number of halogens is 1. The average molecular weight is 335 g/mol. The molecule has 0 aliphatic carbocycles. The van der Waals surface area contributed by atoms with Crippen molar-refractivity contribution < 1.29 is 4.92 Å². The van der Waals surface area contributed by atoms with Crippen molar-refractivity contribution in [1.82, 2.24) is 0 Å². The van der Waals surface area contributed by atoms with Crippen molar-refractivity contribution in [3.63, 3.8) is 0 Å². The van der Waals surface area contributed by atoms with Crippen LogP contribution in [0.3, 0.4) is 0 Å². The van der Waals surface area contributed by atoms with Gasteiger partial charge in [-0.3, -0.25) is 10.1 Å². The van der Waals surface area contributed by atoms with E-state index in [0.717, 1.165) is 5.33 Å². The predicted molar refractivity (Wildman–Crippen MR) is 81.0 cm³/mol. The molecular formula is C13H11BrN4O2. The minimum atomic E-state index is -0.514. The van der Waals surface area contributed by atoms with Crippen LogP contribution in [0.1, 0.15) is 5.56 Å². The van der Waals surface area contributed by atoms with E-state index in [1.807, 2.05) is 18.2 Å². The van der Waals surface area contributed by atoms with Crippen LogP contribution in [0.15, 0.2) is 59.7 Å². The normalized spacial score (nSPS) is 8.85. The molecule has 2 aromatic carbocycles. The van der Waals surface area contributed by atoms with Gasteiger partial charge in [-0.25, -0.2) is 0 Å². The van der Waals surface area contributed by atoms with Gasteiger partial charge in [0.25, 0.3) is 5.69 Å². The number of non-ortho nitro benzene ring substituents is 1. The summed E-state index contributed by atoms with van der Waals surface area (Å²) in [5.41, 5.74) is 9.69. The van der Waals surface area contributed by atoms with Crippen LogP contribution in [0.25, 0.3) is 10.4 Å². The molecule has 6 nitrogen and oxygen atoms in total. The van der Waals surface area contributed by atoms with Gasteiger partial charge in [0.05, 0.1) is 4.92 Å². The van der Waals surface area contributed by atoms with Crippen LogP contribution in [0.5, 0.6) is 0 Å². The van der Waals surface area contributed by atoms with Crippen molar-refractivity contribution in [1.29, 1.82) is 0 Å². The van der Waals surface area contributed by atoms with Gasteiger partial charge in [-0.2, -0.15) is 0 Å². The Labute approximate surface area is 124 Å². The number of nitro benzene ring substituents is 1. The summed E-state index contributed by atoms with van der Waals surface area (Å²) in [5, 5.41) is 14.4. The van der Waals surface area contributed by atoms with Crippen molar-refractivity contribution in [3.05, 3.63) is 80.7 Å². The van der Waals surface area contributed by atoms with Crippen LogP contribution in [-0.2, 0) is 5.33 Å². The minimum absolute atomic E-state index is 0.0214. The minimum Gasteiger partial charge on any atom is -0.258 e. The maximum Gasteiger partial charge on any atom is 0.269 e. The smallest absolute Gasteiger partial charge is 0.258 e. The third kappa shape index (κ3) is 5.51. The van der Waals surface area contributed by atoms with Gasteiger partial charge in [0, 0.05) is 28.1 Å². The Kier molecular flexibility index (Phi) is 6.81. The zero-order chi connectivity index (χ0) is 14.8. The number of azide groups is 1. The predicted octanol–water partition coefficient (Wildman–Crippen LogP) is 5.12. The third-order valence-electron chi connectivity index (χ3n) is 2.22. The van der Waals surface area contributed by atoms with Crippen molar-refractivity contribution in [3.8, 4) is 0 Å². The number of nitro groups is 1. The molecule has 0 aromatic heterocycles. The van der Waals surface area contributed by atoms with Gasteiger partial charge < -0.3 is 0 Å². The van der Waals surface area contributed by atoms with E-state index in [2.05, 4.69) is 38.1 Å². The first kappa shape index (κ1) is 15.7. The lowest BCUT2D eigenvalue weighted by molar-refractivity contribution is -0.384. The summed E-state index contributed by atoms with van der Waals surface area (Å²) >= 11 is 3.36. The fourth-order valence-corrected chi connectivity index (χ4v) is 1.63. The van der Waals surface area contributed by atoms with E-state index in [0.29, 0.717) is 5.69 Å². The quantitative estimate of drug-likeness (QED) is 0.194. The second-order valence-corrected chi connectivity index (χ2v) is 4.14. The maximum atomic E-state index is 10.2. The second kappa shape index (κ2) is 8.68. The number of hydrogen-bond acceptors (Lipinski definition) is 3. The van der Waals surface area contributed by atoms with Gasteiger partial charge in [-0.15, -0.1) is 0 Å². The fourth-order valence-electron chi connectivity index (χ4n) is 1.26. The molecule has 20 heavy (non-hydrogen) atoms. The topological polar surface area (TPSA) is 91.9 Å². The maximum absolute atomic E-state index is 10.2. The molecule has 102 valence electrons. The third-order valence-corrected chi connectivity index (χ3v) is 2.87. The largest absolute Gasteiger partial charge is 0.269 e. The lowest BCUT2D eigenvalue weighted by atomic mass is 10.2. The first-order valence-corrected chi connectivity index (χ1v) is 6.69. The number of hydrogen-bond donors (Lipinski definition) is 0. The number of alkyl halides is 1. The molecule has 0 heterocycles. The Hall–Kier alpha value is -2.37. The lowest BCUT2D eigenvalue weighted by Crippen LogP contribution is -1.85. The fraction of sp³-hybridized carbons (Fsp3) is 0.0769. The SMILES string of the molecule is BrCc1ccccc1.[N-]=[N+]=Nc1ccc([N+](=O)[O-])cc1. The van der Waals surface area contributed by atoms with Gasteiger partial charge in [-0.1, -0.05) is 51.4 Å². The molecule has 0 N–H and O–H groups in total. The summed E-state index contributed by atoms with van der Waals surface area (Å²) in [6.07, 6.45) is 0. The standard InChI is InChI=1S/C7H7Br.C6H4N4O2/c8-6-7-4-2-1-3-5-7;7-9-8-5-1-3-6(4-2-5)10(11)12/h1-5H,6H2;1-4H. The van der Waals surface area contributed by atoms with Crippen LogP contribution in [-0.4, -0.2) is 4.92 Å². The summed E-state index contributed by atoms with van der Waals surface area (Å²) in [4.78, 5) is 12.2. The Bertz CT molecular complexity index is 575. The second-order valence-electron chi connectivity index (χ2n) is 3.58. The molecule has 0 bridgehead atoms. The summed E-state index contributed by atoms with van der Waals surface area (Å²) in [7, 11) is 0. The molecule has 0 atom stereocenters. The van der Waals surface area contributed by atoms with Crippen LogP contribution in [0.4, 0.5) is 11.4 Å². The van der Waals surface area contributed by atoms with Gasteiger partial charge in [-0.05, 0) is 23.2 Å². The van der Waals surface area contributed by atoms with Crippen molar-refractivity contribution in [2.24, 2.45) is 5.11 Å². The van der Waals surface area contributed by atoms with Crippen molar-refractivity contribution in [2.45, 2.75) is 5.33 Å². The van der Waals surface area contributed by atoms with E-state index in [4.69, 9.17) is 5.53 Å². The van der Waals surface area contributed by atoms with Gasteiger partial charge >= 0.3 is 0 Å². The van der Waals surface area contributed by atoms with Crippen molar-refractivity contribution >= 4 is 27.3 Å². The molecule has 0 saturated carbocycles. The Morgan fingerprint density at radius 2 is 1.75 bits per heavy atom. The summed E-state index contributed by atoms with van der Waals surface area (Å²) in [5.74, 6) is 0. The Morgan fingerprint density at radius 1 is 1.15 bits per heavy atom. The molecule has 0 radical (unpaired) electrons. The molecule has 0 saturated heterocycles. The molecule has 0 aliphatic rings. The summed E-state index contributed by atoms with van der Waals surface area (Å²) in [6.45, 7) is 0. The van der Waals surface area contributed by atoms with Crippen LogP contribution < -0.4 is 0 Å². The first-order chi connectivity index (χ1) is 9.67. The molecule has 0 amide bonds. The number of rotatable bonds is 3. The summed E-state index contributed by atoms with van der Waals surface area (Å²) < 4.78 is 0. The van der Waals surface area contributed by atoms with Crippen LogP contribution >= 0.6 is 15.9 Å². The highest BCUT2D eigenvalue weighted by Crippen LogP contribution is 2.17. The van der Waals surface area contributed by atoms with Crippen molar-refractivity contribution in [2.75, 3.05) is 0 Å². The van der Waals surface area contributed by atoms with E-state index in [9.17, 15) is 10.1 Å². The van der Waals surface area contributed by atoms with Gasteiger partial charge in [0.15, 0.2) is 0 Å². The molecule has 2 rings (SSSR count). The first-order valence-electron chi connectivity index (χ1n) is 5.57. The van der Waals surface area contributed by atoms with Gasteiger partial charge in [0.1, 0.15) is 0 Å². The van der Waals surface area contributed by atoms with Crippen LogP contribution in [0.2, 0.25) is 0 Å². The highest BCUT2D eigenvalue weighted by atomic mass is 79.9. The Morgan fingerprint density at radius 3 is 2.15 bits per heavy atom. The molecule has 0 fully saturated rings. The molecular weight excluding hydrogens is 324 g/mol. The zero-order valence-corrected chi connectivity index (χ0v) is 12.0. The zero-order valence-electron chi connectivity index (χ0n) is 10.4. The highest BCUT2D eigenvalue weighted by Gasteiger charge is 2.01. The van der Waals surface area contributed by atoms with E-state index in [1.54, 1.807) is 0 Å². The molecule has 0 unspecified atom stereocenters. The van der Waals surface area contributed by atoms with E-state index < -0.39 is 4.92 Å². The molecule has 2 aromatic rings. The monoisotopic (exact) mass is 334 g/mol. The number of benzene rings is 2. The van der Waals surface area contributed by atoms with Gasteiger partial charge in [0.2, 0.25) is 0 Å². The number of nitrogens with zero attached hydrogens (tertiary/aromatic N) is 4. The lowest BCUT2D eigenvalue weighted by Gasteiger charge is -1.90.